The monoisotopic (exact) mass is 346 g/mol. The molecular weight excluding hydrogens is 322 g/mol. The largest absolute Gasteiger partial charge is 0.367 e. The zero-order chi connectivity index (χ0) is 17.5. The summed E-state index contributed by atoms with van der Waals surface area (Å²) >= 11 is 11.5. The molecule has 0 spiro atoms. The molecule has 0 aromatic heterocycles. The third kappa shape index (κ3) is 13.8. The van der Waals surface area contributed by atoms with Gasteiger partial charge in [0, 0.05) is 11.6 Å². The van der Waals surface area contributed by atoms with Crippen molar-refractivity contribution in [2.24, 2.45) is 5.92 Å². The first-order valence-corrected chi connectivity index (χ1v) is 7.95. The number of benzene rings is 1. The summed E-state index contributed by atoms with van der Waals surface area (Å²) in [6.45, 7) is 8.91. The van der Waals surface area contributed by atoms with E-state index >= 15 is 0 Å². The van der Waals surface area contributed by atoms with Crippen LogP contribution in [-0.2, 0) is 4.79 Å². The fourth-order valence-corrected chi connectivity index (χ4v) is 1.39. The van der Waals surface area contributed by atoms with E-state index in [0.29, 0.717) is 28.6 Å². The standard InChI is InChI=1S/C9H9Cl2NO.C4H10.C2H6BNO/c1-2-12-9(13)7-5-6(10)3-4-8(7)11;1-4(2)3;3-1-4-2-5/h3-5H,2H2,1H3,(H,12,13);4H,1-3H3;2H,1,3H2,(H,4,5). The molecule has 0 radical (unpaired) electrons. The second kappa shape index (κ2) is 14.7. The lowest BCUT2D eigenvalue weighted by Gasteiger charge is -2.04. The zero-order valence-electron chi connectivity index (χ0n) is 13.9. The van der Waals surface area contributed by atoms with Gasteiger partial charge in [0.25, 0.3) is 5.91 Å². The number of nitrogens with one attached hydrogen (secondary N) is 2. The second-order valence-electron chi connectivity index (χ2n) is 4.89. The number of carbonyl (C=O) groups is 2. The molecule has 0 bridgehead atoms. The quantitative estimate of drug-likeness (QED) is 0.650. The highest BCUT2D eigenvalue weighted by atomic mass is 35.5. The maximum atomic E-state index is 11.4. The molecule has 0 fully saturated rings. The lowest BCUT2D eigenvalue weighted by atomic mass is 10.2. The van der Waals surface area contributed by atoms with Crippen LogP contribution in [0.2, 0.25) is 10.0 Å². The molecule has 2 N–H and O–H groups in total. The number of carbonyl (C=O) groups excluding carboxylic acids is 2. The molecule has 1 rings (SSSR count). The normalized spacial score (nSPS) is 8.86. The number of hydrogen-bond acceptors (Lipinski definition) is 2. The summed E-state index contributed by atoms with van der Waals surface area (Å²) in [6.07, 6.45) is 1.41. The highest BCUT2D eigenvalue weighted by Gasteiger charge is 2.08. The first-order chi connectivity index (χ1) is 10.3. The Morgan fingerprint density at radius 3 is 2.23 bits per heavy atom. The average molecular weight is 347 g/mol. The van der Waals surface area contributed by atoms with Gasteiger partial charge in [0.05, 0.1) is 10.6 Å². The van der Waals surface area contributed by atoms with E-state index in [1.165, 1.54) is 0 Å². The minimum absolute atomic E-state index is 0.199. The summed E-state index contributed by atoms with van der Waals surface area (Å²) in [7, 11) is 1.87. The molecule has 0 unspecified atom stereocenters. The SMILES string of the molecule is BCNC=O.CC(C)C.CCNC(=O)c1cc(Cl)ccc1Cl. The van der Waals surface area contributed by atoms with Crippen LogP contribution in [0.15, 0.2) is 18.2 Å². The van der Waals surface area contributed by atoms with Crippen LogP contribution >= 0.6 is 23.2 Å². The Labute approximate surface area is 144 Å². The predicted molar refractivity (Wildman–Crippen MR) is 97.6 cm³/mol. The Kier molecular flexibility index (Phi) is 15.5. The molecule has 1 aromatic rings. The predicted octanol–water partition coefficient (Wildman–Crippen LogP) is 2.73. The van der Waals surface area contributed by atoms with Crippen molar-refractivity contribution < 1.29 is 9.59 Å². The van der Waals surface area contributed by atoms with Crippen molar-refractivity contribution in [3.8, 4) is 0 Å². The smallest absolute Gasteiger partial charge is 0.252 e. The van der Waals surface area contributed by atoms with Gasteiger partial charge in [0.1, 0.15) is 7.85 Å². The molecule has 0 aliphatic rings. The fraction of sp³-hybridized carbons (Fsp3) is 0.467. The van der Waals surface area contributed by atoms with Crippen molar-refractivity contribution in [2.75, 3.05) is 13.0 Å². The third-order valence-corrected chi connectivity index (χ3v) is 2.36. The number of halogens is 2. The van der Waals surface area contributed by atoms with Gasteiger partial charge < -0.3 is 10.6 Å². The van der Waals surface area contributed by atoms with Crippen LogP contribution in [0.3, 0.4) is 0 Å². The summed E-state index contributed by atoms with van der Waals surface area (Å²) in [6, 6.07) is 4.80. The van der Waals surface area contributed by atoms with E-state index in [9.17, 15) is 9.59 Å². The summed E-state index contributed by atoms with van der Waals surface area (Å²) in [5.41, 5.74) is 0.413. The van der Waals surface area contributed by atoms with Crippen LogP contribution in [-0.4, -0.2) is 33.2 Å². The lowest BCUT2D eigenvalue weighted by molar-refractivity contribution is -0.109. The Morgan fingerprint density at radius 1 is 1.32 bits per heavy atom. The third-order valence-electron chi connectivity index (χ3n) is 1.80. The molecule has 0 heterocycles. The molecule has 22 heavy (non-hydrogen) atoms. The van der Waals surface area contributed by atoms with E-state index in [-0.39, 0.29) is 5.91 Å². The Hall–Kier alpha value is -1.20. The van der Waals surface area contributed by atoms with Crippen LogP contribution in [0.1, 0.15) is 38.1 Å². The van der Waals surface area contributed by atoms with E-state index in [1.54, 1.807) is 18.2 Å². The van der Waals surface area contributed by atoms with Crippen molar-refractivity contribution in [3.63, 3.8) is 0 Å². The van der Waals surface area contributed by atoms with Crippen molar-refractivity contribution in [2.45, 2.75) is 27.7 Å². The minimum Gasteiger partial charge on any atom is -0.367 e. The van der Waals surface area contributed by atoms with Gasteiger partial charge in [-0.05, 0) is 37.5 Å². The molecule has 4 nitrogen and oxygen atoms in total. The molecule has 7 heteroatoms. The Balaban J connectivity index is 0. The van der Waals surface area contributed by atoms with E-state index in [4.69, 9.17) is 23.2 Å². The molecule has 0 aliphatic heterocycles. The van der Waals surface area contributed by atoms with Gasteiger partial charge in [0.2, 0.25) is 6.41 Å². The summed E-state index contributed by atoms with van der Waals surface area (Å²) in [4.78, 5) is 20.7. The molecule has 1 aromatic carbocycles. The number of rotatable bonds is 4. The van der Waals surface area contributed by atoms with Crippen molar-refractivity contribution in [3.05, 3.63) is 33.8 Å². The van der Waals surface area contributed by atoms with Gasteiger partial charge >= 0.3 is 0 Å². The van der Waals surface area contributed by atoms with Gasteiger partial charge in [-0.25, -0.2) is 0 Å². The van der Waals surface area contributed by atoms with Gasteiger partial charge in [-0.15, -0.1) is 0 Å². The Morgan fingerprint density at radius 2 is 1.86 bits per heavy atom. The molecule has 0 saturated heterocycles. The van der Waals surface area contributed by atoms with Crippen molar-refractivity contribution >= 4 is 43.4 Å². The summed E-state index contributed by atoms with van der Waals surface area (Å²) in [5.74, 6) is 0.634. The van der Waals surface area contributed by atoms with Crippen molar-refractivity contribution in [1.29, 1.82) is 0 Å². The molecule has 2 amide bonds. The molecule has 0 aliphatic carbocycles. The topological polar surface area (TPSA) is 58.2 Å². The first kappa shape index (κ1) is 23.1. The summed E-state index contributed by atoms with van der Waals surface area (Å²) < 4.78 is 0. The van der Waals surface area contributed by atoms with E-state index in [0.717, 1.165) is 12.4 Å². The van der Waals surface area contributed by atoms with Gasteiger partial charge in [-0.2, -0.15) is 0 Å². The van der Waals surface area contributed by atoms with E-state index in [1.807, 2.05) is 14.8 Å². The van der Waals surface area contributed by atoms with Crippen LogP contribution in [0, 0.1) is 5.92 Å². The van der Waals surface area contributed by atoms with Crippen LogP contribution < -0.4 is 10.6 Å². The maximum absolute atomic E-state index is 11.4. The molecular formula is C15H25BCl2N2O2. The molecule has 0 atom stereocenters. The minimum atomic E-state index is -0.199. The average Bonchev–Trinajstić information content (AvgIpc) is 2.43. The highest BCUT2D eigenvalue weighted by molar-refractivity contribution is 6.35. The fourth-order valence-electron chi connectivity index (χ4n) is 1.01. The van der Waals surface area contributed by atoms with Gasteiger partial charge in [-0.1, -0.05) is 44.0 Å². The van der Waals surface area contributed by atoms with E-state index < -0.39 is 0 Å². The van der Waals surface area contributed by atoms with Crippen molar-refractivity contribution in [1.82, 2.24) is 10.6 Å². The van der Waals surface area contributed by atoms with Crippen LogP contribution in [0.5, 0.6) is 0 Å². The van der Waals surface area contributed by atoms with Gasteiger partial charge in [-0.3, -0.25) is 9.59 Å². The first-order valence-electron chi connectivity index (χ1n) is 7.20. The summed E-state index contributed by atoms with van der Waals surface area (Å²) in [5, 5.41) is 6.00. The van der Waals surface area contributed by atoms with Gasteiger partial charge in [0.15, 0.2) is 0 Å². The van der Waals surface area contributed by atoms with Crippen LogP contribution in [0.25, 0.3) is 0 Å². The Bertz CT molecular complexity index is 441. The van der Waals surface area contributed by atoms with Crippen LogP contribution in [0.4, 0.5) is 0 Å². The second-order valence-corrected chi connectivity index (χ2v) is 5.73. The number of hydrogen-bond donors (Lipinski definition) is 2. The lowest BCUT2D eigenvalue weighted by Crippen LogP contribution is -2.22. The molecule has 0 saturated carbocycles. The molecule has 124 valence electrons. The zero-order valence-corrected chi connectivity index (χ0v) is 15.4. The van der Waals surface area contributed by atoms with E-state index in [2.05, 4.69) is 31.4 Å². The maximum Gasteiger partial charge on any atom is 0.252 e. The highest BCUT2D eigenvalue weighted by Crippen LogP contribution is 2.20. The number of amides is 2.